The van der Waals surface area contributed by atoms with Crippen molar-refractivity contribution in [2.45, 2.75) is 39.5 Å². The van der Waals surface area contributed by atoms with Crippen LogP contribution < -0.4 is 61.6 Å². The molecule has 1 nitrogen and oxygen atoms in total. The molecule has 0 radical (unpaired) electrons. The Morgan fingerprint density at radius 2 is 1.86 bits per heavy atom. The van der Waals surface area contributed by atoms with E-state index in [2.05, 4.69) is 6.92 Å². The molecular weight excluding hydrogens is 310 g/mol. The van der Waals surface area contributed by atoms with E-state index in [1.807, 2.05) is 6.92 Å². The fourth-order valence-corrected chi connectivity index (χ4v) is 1.98. The third-order valence-corrected chi connectivity index (χ3v) is 3.35. The van der Waals surface area contributed by atoms with Gasteiger partial charge in [0.2, 0.25) is 0 Å². The van der Waals surface area contributed by atoms with E-state index in [9.17, 15) is 17.3 Å². The summed E-state index contributed by atoms with van der Waals surface area (Å²) >= 11 is 0. The van der Waals surface area contributed by atoms with Gasteiger partial charge in [0.25, 0.3) is 0 Å². The van der Waals surface area contributed by atoms with E-state index in [4.69, 9.17) is 4.74 Å². The molecule has 1 atom stereocenters. The average molecular weight is 330 g/mol. The zero-order valence-electron chi connectivity index (χ0n) is 12.8. The molecule has 0 bridgehead atoms. The predicted molar refractivity (Wildman–Crippen MR) is 73.9 cm³/mol. The standard InChI is InChI=1S/C14H20BF4O.K/c1-3-5-6-11(4-2)10-20-12-7-8-13(14(16)9-12)15(17,18)19;/h7-9,11H,3-6,10H2,1-2H3;/q-1;+1. The summed E-state index contributed by atoms with van der Waals surface area (Å²) < 4.78 is 56.2. The number of rotatable bonds is 8. The van der Waals surface area contributed by atoms with E-state index in [0.29, 0.717) is 12.5 Å². The zero-order valence-corrected chi connectivity index (χ0v) is 16.0. The number of hydrogen-bond acceptors (Lipinski definition) is 1. The van der Waals surface area contributed by atoms with Crippen molar-refractivity contribution in [2.24, 2.45) is 5.92 Å². The summed E-state index contributed by atoms with van der Waals surface area (Å²) in [5.41, 5.74) is -1.20. The van der Waals surface area contributed by atoms with Gasteiger partial charge in [0.1, 0.15) is 5.75 Å². The van der Waals surface area contributed by atoms with Crippen LogP contribution in [0, 0.1) is 11.7 Å². The fourth-order valence-electron chi connectivity index (χ4n) is 1.98. The van der Waals surface area contributed by atoms with Gasteiger partial charge in [0, 0.05) is 6.07 Å². The maximum Gasteiger partial charge on any atom is 1.00 e. The Bertz CT molecular complexity index is 426. The topological polar surface area (TPSA) is 9.23 Å². The second-order valence-electron chi connectivity index (χ2n) is 4.99. The Hall–Kier alpha value is 0.441. The van der Waals surface area contributed by atoms with Crippen LogP contribution in [0.1, 0.15) is 39.5 Å². The molecule has 1 aromatic rings. The maximum atomic E-state index is 13.4. The Kier molecular flexibility index (Phi) is 10.5. The largest absolute Gasteiger partial charge is 1.00 e. The Labute approximate surface area is 166 Å². The molecule has 21 heavy (non-hydrogen) atoms. The zero-order chi connectivity index (χ0) is 15.2. The number of ether oxygens (including phenoxy) is 1. The molecule has 7 heteroatoms. The van der Waals surface area contributed by atoms with Crippen LogP contribution in [0.15, 0.2) is 18.2 Å². The minimum Gasteiger partial charge on any atom is -0.493 e. The van der Waals surface area contributed by atoms with Crippen molar-refractivity contribution in [1.82, 2.24) is 0 Å². The quantitative estimate of drug-likeness (QED) is 0.518. The smallest absolute Gasteiger partial charge is 0.493 e. The molecule has 0 aliphatic heterocycles. The van der Waals surface area contributed by atoms with E-state index in [0.717, 1.165) is 37.8 Å². The van der Waals surface area contributed by atoms with Crippen molar-refractivity contribution in [3.8, 4) is 5.75 Å². The second kappa shape index (κ2) is 10.3. The first kappa shape index (κ1) is 21.4. The first-order valence-electron chi connectivity index (χ1n) is 7.00. The van der Waals surface area contributed by atoms with Crippen molar-refractivity contribution in [1.29, 1.82) is 0 Å². The Balaban J connectivity index is 0.00000400. The fraction of sp³-hybridized carbons (Fsp3) is 0.571. The van der Waals surface area contributed by atoms with Crippen LogP contribution in [0.4, 0.5) is 17.3 Å². The van der Waals surface area contributed by atoms with Crippen molar-refractivity contribution >= 4 is 12.4 Å². The van der Waals surface area contributed by atoms with E-state index >= 15 is 0 Å². The maximum absolute atomic E-state index is 13.4. The molecule has 0 aliphatic rings. The summed E-state index contributed by atoms with van der Waals surface area (Å²) in [7, 11) is 0. The molecule has 0 amide bonds. The molecule has 0 aromatic heterocycles. The molecule has 0 saturated heterocycles. The number of halogens is 4. The van der Waals surface area contributed by atoms with Gasteiger partial charge in [-0.05, 0) is 18.4 Å². The van der Waals surface area contributed by atoms with Crippen molar-refractivity contribution < 1.29 is 73.5 Å². The van der Waals surface area contributed by atoms with Crippen LogP contribution in [0.25, 0.3) is 0 Å². The predicted octanol–water partition coefficient (Wildman–Crippen LogP) is 1.48. The van der Waals surface area contributed by atoms with Crippen LogP contribution in [-0.4, -0.2) is 13.6 Å². The van der Waals surface area contributed by atoms with Crippen molar-refractivity contribution in [2.75, 3.05) is 6.61 Å². The van der Waals surface area contributed by atoms with E-state index in [1.165, 1.54) is 6.07 Å². The molecule has 1 rings (SSSR count). The van der Waals surface area contributed by atoms with Gasteiger partial charge in [-0.1, -0.05) is 44.6 Å². The second-order valence-corrected chi connectivity index (χ2v) is 4.99. The van der Waals surface area contributed by atoms with Crippen LogP contribution in [0.2, 0.25) is 0 Å². The minimum absolute atomic E-state index is 0. The molecular formula is C14H20BF4KO. The van der Waals surface area contributed by atoms with Gasteiger partial charge < -0.3 is 17.7 Å². The first-order chi connectivity index (χ1) is 9.38. The van der Waals surface area contributed by atoms with Gasteiger partial charge in [-0.15, -0.1) is 0 Å². The molecule has 0 fully saturated rings. The Morgan fingerprint density at radius 3 is 2.33 bits per heavy atom. The molecule has 114 valence electrons. The van der Waals surface area contributed by atoms with Crippen molar-refractivity contribution in [3.63, 3.8) is 0 Å². The normalized spacial score (nSPS) is 12.7. The molecule has 0 N–H and O–H groups in total. The van der Waals surface area contributed by atoms with Gasteiger partial charge in [0.15, 0.2) is 0 Å². The number of unbranched alkanes of at least 4 members (excludes halogenated alkanes) is 1. The number of hydrogen-bond donors (Lipinski definition) is 0. The molecule has 1 aromatic carbocycles. The van der Waals surface area contributed by atoms with Crippen LogP contribution in [0.5, 0.6) is 5.75 Å². The van der Waals surface area contributed by atoms with Gasteiger partial charge in [-0.25, -0.2) is 4.39 Å². The van der Waals surface area contributed by atoms with Crippen molar-refractivity contribution in [3.05, 3.63) is 24.0 Å². The Morgan fingerprint density at radius 1 is 1.19 bits per heavy atom. The third kappa shape index (κ3) is 7.50. The number of benzene rings is 1. The van der Waals surface area contributed by atoms with Gasteiger partial charge in [-0.3, -0.25) is 0 Å². The van der Waals surface area contributed by atoms with E-state index in [1.54, 1.807) is 0 Å². The molecule has 0 saturated carbocycles. The summed E-state index contributed by atoms with van der Waals surface area (Å²) in [5.74, 6) is -0.762. The molecule has 0 spiro atoms. The van der Waals surface area contributed by atoms with Crippen LogP contribution in [0.3, 0.4) is 0 Å². The SMILES string of the molecule is CCCCC(CC)COc1ccc([B-](F)(F)F)c(F)c1.[K+]. The third-order valence-electron chi connectivity index (χ3n) is 3.35. The average Bonchev–Trinajstić information content (AvgIpc) is 2.37. The minimum atomic E-state index is -5.31. The molecule has 0 aliphatic carbocycles. The summed E-state index contributed by atoms with van der Waals surface area (Å²) in [6.45, 7) is -0.766. The monoisotopic (exact) mass is 330 g/mol. The molecule has 1 unspecified atom stereocenters. The van der Waals surface area contributed by atoms with Crippen LogP contribution >= 0.6 is 0 Å². The van der Waals surface area contributed by atoms with E-state index in [-0.39, 0.29) is 57.1 Å². The first-order valence-corrected chi connectivity index (χ1v) is 7.00. The summed E-state index contributed by atoms with van der Waals surface area (Å²) in [6, 6.07) is 2.75. The summed E-state index contributed by atoms with van der Waals surface area (Å²) in [4.78, 5) is 0. The van der Waals surface area contributed by atoms with Gasteiger partial charge in [0.05, 0.1) is 12.4 Å². The summed E-state index contributed by atoms with van der Waals surface area (Å²) in [6.07, 6.45) is 4.13. The summed E-state index contributed by atoms with van der Waals surface area (Å²) in [5, 5.41) is 0. The van der Waals surface area contributed by atoms with Gasteiger partial charge >= 0.3 is 58.4 Å². The van der Waals surface area contributed by atoms with Crippen LogP contribution in [-0.2, 0) is 0 Å². The molecule has 0 heterocycles. The van der Waals surface area contributed by atoms with Gasteiger partial charge in [-0.2, -0.15) is 0 Å². The van der Waals surface area contributed by atoms with E-state index < -0.39 is 18.3 Å².